The Hall–Kier alpha value is -1.60. The average Bonchev–Trinajstić information content (AvgIpc) is 2.75. The normalized spacial score (nSPS) is 13.1. The van der Waals surface area contributed by atoms with Crippen molar-refractivity contribution >= 4 is 24.3 Å². The Morgan fingerprint density at radius 2 is 2.11 bits per heavy atom. The fraction of sp³-hybridized carbons (Fsp3) is 0.545. The molecule has 2 N–H and O–H groups in total. The van der Waals surface area contributed by atoms with Crippen LogP contribution >= 0.6 is 12.4 Å². The number of halogens is 1. The van der Waals surface area contributed by atoms with Crippen molar-refractivity contribution in [1.29, 1.82) is 0 Å². The number of carbonyl (C=O) groups excluding carboxylic acids is 2. The number of esters is 1. The van der Waals surface area contributed by atoms with Gasteiger partial charge in [0.15, 0.2) is 0 Å². The molecule has 0 radical (unpaired) electrons. The zero-order chi connectivity index (χ0) is 13.7. The van der Waals surface area contributed by atoms with Crippen LogP contribution in [0.25, 0.3) is 0 Å². The highest BCUT2D eigenvalue weighted by atomic mass is 35.5. The third kappa shape index (κ3) is 4.53. The number of aryl methyl sites for hydroxylation is 1. The van der Waals surface area contributed by atoms with Crippen molar-refractivity contribution in [2.75, 3.05) is 14.2 Å². The summed E-state index contributed by atoms with van der Waals surface area (Å²) >= 11 is 0. The molecule has 1 amide bonds. The van der Waals surface area contributed by atoms with Gasteiger partial charge in [0.1, 0.15) is 12.1 Å². The molecule has 0 spiro atoms. The molecule has 1 unspecified atom stereocenters. The Morgan fingerprint density at radius 3 is 2.53 bits per heavy atom. The van der Waals surface area contributed by atoms with Crippen LogP contribution in [0.2, 0.25) is 0 Å². The van der Waals surface area contributed by atoms with Gasteiger partial charge in [0, 0.05) is 18.8 Å². The van der Waals surface area contributed by atoms with Gasteiger partial charge < -0.3 is 15.4 Å². The highest BCUT2D eigenvalue weighted by Gasteiger charge is 2.24. The smallest absolute Gasteiger partial charge is 0.328 e. The van der Waals surface area contributed by atoms with Crippen molar-refractivity contribution in [1.82, 2.24) is 20.4 Å². The summed E-state index contributed by atoms with van der Waals surface area (Å²) in [5, 5.41) is 9.46. The van der Waals surface area contributed by atoms with Crippen LogP contribution in [0.3, 0.4) is 0 Å². The maximum Gasteiger partial charge on any atom is 0.328 e. The van der Waals surface area contributed by atoms with Crippen molar-refractivity contribution in [2.45, 2.75) is 19.0 Å². The number of likely N-dealkylation sites (N-methyl/N-ethyl adjacent to an activating group) is 1. The van der Waals surface area contributed by atoms with E-state index in [1.165, 1.54) is 7.11 Å². The minimum atomic E-state index is -0.685. The molecule has 1 heterocycles. The molecule has 0 aliphatic rings. The minimum absolute atomic E-state index is 0. The third-order valence-corrected chi connectivity index (χ3v) is 2.52. The largest absolute Gasteiger partial charge is 0.467 e. The highest BCUT2D eigenvalue weighted by molar-refractivity contribution is 5.88. The average molecular weight is 291 g/mol. The summed E-state index contributed by atoms with van der Waals surface area (Å²) in [4.78, 5) is 23.2. The van der Waals surface area contributed by atoms with Gasteiger partial charge in [0.05, 0.1) is 13.3 Å². The number of hydrogen-bond acceptors (Lipinski definition) is 5. The van der Waals surface area contributed by atoms with E-state index in [0.717, 1.165) is 5.56 Å². The van der Waals surface area contributed by atoms with E-state index in [1.807, 2.05) is 0 Å². The fourth-order valence-electron chi connectivity index (χ4n) is 1.57. The van der Waals surface area contributed by atoms with Crippen molar-refractivity contribution < 1.29 is 14.3 Å². The van der Waals surface area contributed by atoms with Gasteiger partial charge in [0.25, 0.3) is 0 Å². The lowest BCUT2D eigenvalue weighted by Crippen LogP contribution is -2.44. The molecule has 0 aliphatic heterocycles. The minimum Gasteiger partial charge on any atom is -0.467 e. The van der Waals surface area contributed by atoms with E-state index in [9.17, 15) is 9.59 Å². The standard InChI is InChI=1S/C11H18N4O3.ClH/c1-7(11(17)18-4)14-10(16)9(12-2)8-5-13-15(3)6-8;/h5-7,9,12H,1-4H3,(H,14,16);1H/t7-,9?;/m0./s1. The van der Waals surface area contributed by atoms with Crippen LogP contribution in [0.1, 0.15) is 18.5 Å². The Labute approximate surface area is 118 Å². The van der Waals surface area contributed by atoms with Crippen LogP contribution in [-0.2, 0) is 21.4 Å². The molecule has 1 aromatic rings. The molecule has 108 valence electrons. The van der Waals surface area contributed by atoms with Gasteiger partial charge in [-0.25, -0.2) is 4.79 Å². The summed E-state index contributed by atoms with van der Waals surface area (Å²) in [6.45, 7) is 1.57. The van der Waals surface area contributed by atoms with Crippen LogP contribution in [0.4, 0.5) is 0 Å². The second kappa shape index (κ2) is 7.75. The molecular formula is C11H19ClN4O3. The Morgan fingerprint density at radius 1 is 1.47 bits per heavy atom. The Balaban J connectivity index is 0.00000324. The van der Waals surface area contributed by atoms with E-state index in [4.69, 9.17) is 0 Å². The summed E-state index contributed by atoms with van der Waals surface area (Å²) < 4.78 is 6.15. The molecule has 1 aromatic heterocycles. The van der Waals surface area contributed by atoms with Gasteiger partial charge in [-0.1, -0.05) is 0 Å². The predicted octanol–water partition coefficient (Wildman–Crippen LogP) is -0.220. The second-order valence-corrected chi connectivity index (χ2v) is 3.92. The lowest BCUT2D eigenvalue weighted by molar-refractivity contribution is -0.144. The van der Waals surface area contributed by atoms with E-state index in [2.05, 4.69) is 20.5 Å². The molecule has 0 aliphatic carbocycles. The fourth-order valence-corrected chi connectivity index (χ4v) is 1.57. The SMILES string of the molecule is CNC(C(=O)N[C@@H](C)C(=O)OC)c1cnn(C)c1.Cl. The summed E-state index contributed by atoms with van der Waals surface area (Å²) in [5.74, 6) is -0.784. The number of nitrogens with one attached hydrogen (secondary N) is 2. The van der Waals surface area contributed by atoms with Crippen LogP contribution in [-0.4, -0.2) is 41.9 Å². The first-order chi connectivity index (χ1) is 8.49. The van der Waals surface area contributed by atoms with E-state index in [1.54, 1.807) is 38.1 Å². The van der Waals surface area contributed by atoms with Gasteiger partial charge >= 0.3 is 5.97 Å². The van der Waals surface area contributed by atoms with Crippen molar-refractivity contribution in [3.05, 3.63) is 18.0 Å². The van der Waals surface area contributed by atoms with Gasteiger partial charge in [-0.2, -0.15) is 5.10 Å². The monoisotopic (exact) mass is 290 g/mol. The first-order valence-corrected chi connectivity index (χ1v) is 5.53. The quantitative estimate of drug-likeness (QED) is 0.733. The van der Waals surface area contributed by atoms with Crippen LogP contribution in [0.5, 0.6) is 0 Å². The van der Waals surface area contributed by atoms with Gasteiger partial charge in [-0.05, 0) is 14.0 Å². The summed E-state index contributed by atoms with van der Waals surface area (Å²) in [6.07, 6.45) is 3.34. The molecule has 1 rings (SSSR count). The zero-order valence-corrected chi connectivity index (χ0v) is 12.2. The molecule has 0 saturated heterocycles. The topological polar surface area (TPSA) is 85.2 Å². The molecule has 7 nitrogen and oxygen atoms in total. The van der Waals surface area contributed by atoms with Crippen LogP contribution in [0.15, 0.2) is 12.4 Å². The van der Waals surface area contributed by atoms with E-state index in [0.29, 0.717) is 0 Å². The van der Waals surface area contributed by atoms with Crippen molar-refractivity contribution in [2.24, 2.45) is 7.05 Å². The molecule has 0 bridgehead atoms. The number of rotatable bonds is 5. The zero-order valence-electron chi connectivity index (χ0n) is 11.3. The highest BCUT2D eigenvalue weighted by Crippen LogP contribution is 2.11. The number of aromatic nitrogens is 2. The number of methoxy groups -OCH3 is 1. The van der Waals surface area contributed by atoms with E-state index < -0.39 is 18.1 Å². The molecule has 0 fully saturated rings. The van der Waals surface area contributed by atoms with Crippen LogP contribution in [0, 0.1) is 0 Å². The van der Waals surface area contributed by atoms with Gasteiger partial charge in [0.2, 0.25) is 5.91 Å². The maximum absolute atomic E-state index is 12.0. The molecule has 0 aromatic carbocycles. The van der Waals surface area contributed by atoms with Gasteiger partial charge in [-0.3, -0.25) is 9.48 Å². The molecule has 19 heavy (non-hydrogen) atoms. The Kier molecular flexibility index (Phi) is 7.10. The first kappa shape index (κ1) is 17.4. The lowest BCUT2D eigenvalue weighted by atomic mass is 10.1. The van der Waals surface area contributed by atoms with E-state index in [-0.39, 0.29) is 18.3 Å². The van der Waals surface area contributed by atoms with Crippen molar-refractivity contribution in [3.63, 3.8) is 0 Å². The Bertz CT molecular complexity index is 435. The van der Waals surface area contributed by atoms with E-state index >= 15 is 0 Å². The van der Waals surface area contributed by atoms with Crippen molar-refractivity contribution in [3.8, 4) is 0 Å². The summed E-state index contributed by atoms with van der Waals surface area (Å²) in [5.41, 5.74) is 0.731. The maximum atomic E-state index is 12.0. The molecule has 0 saturated carbocycles. The molecule has 2 atom stereocenters. The number of amides is 1. The second-order valence-electron chi connectivity index (χ2n) is 3.92. The summed E-state index contributed by atoms with van der Waals surface area (Å²) in [7, 11) is 4.72. The first-order valence-electron chi connectivity index (χ1n) is 5.53. The number of nitrogens with zero attached hydrogens (tertiary/aromatic N) is 2. The molecular weight excluding hydrogens is 272 g/mol. The number of ether oxygens (including phenoxy) is 1. The number of carbonyl (C=O) groups is 2. The molecule has 8 heteroatoms. The van der Waals surface area contributed by atoms with Crippen LogP contribution < -0.4 is 10.6 Å². The third-order valence-electron chi connectivity index (χ3n) is 2.52. The summed E-state index contributed by atoms with van der Waals surface area (Å²) in [6, 6.07) is -1.24. The predicted molar refractivity (Wildman–Crippen MR) is 71.9 cm³/mol. The number of hydrogen-bond donors (Lipinski definition) is 2. The van der Waals surface area contributed by atoms with Gasteiger partial charge in [-0.15, -0.1) is 12.4 Å². The lowest BCUT2D eigenvalue weighted by Gasteiger charge is -2.17.